The SMILES string of the molecule is CC(C)Oc1ccc2c(c1)cc(CN1CCN(C)CC1)n2S(=O)(=O)c1ccc(F)cc1. The number of likely N-dealkylation sites (N-methyl/N-ethyl adjacent to an activating group) is 1. The van der Waals surface area contributed by atoms with Crippen LogP contribution in [-0.2, 0) is 16.6 Å². The Labute approximate surface area is 182 Å². The van der Waals surface area contributed by atoms with Crippen LogP contribution in [-0.4, -0.2) is 61.5 Å². The van der Waals surface area contributed by atoms with Gasteiger partial charge in [0.15, 0.2) is 0 Å². The van der Waals surface area contributed by atoms with Gasteiger partial charge >= 0.3 is 0 Å². The van der Waals surface area contributed by atoms with Crippen LogP contribution in [0.4, 0.5) is 4.39 Å². The Bertz CT molecular complexity index is 1160. The first-order valence-electron chi connectivity index (χ1n) is 10.5. The van der Waals surface area contributed by atoms with E-state index < -0.39 is 15.8 Å². The molecule has 0 amide bonds. The molecule has 1 fully saturated rings. The topological polar surface area (TPSA) is 54.8 Å². The number of hydrogen-bond acceptors (Lipinski definition) is 5. The number of fused-ring (bicyclic) bond motifs is 1. The molecule has 2 aromatic carbocycles. The fourth-order valence-electron chi connectivity index (χ4n) is 3.91. The van der Waals surface area contributed by atoms with Gasteiger partial charge in [-0.05, 0) is 69.4 Å². The Morgan fingerprint density at radius 1 is 1.00 bits per heavy atom. The summed E-state index contributed by atoms with van der Waals surface area (Å²) < 4.78 is 47.8. The van der Waals surface area contributed by atoms with Crippen molar-refractivity contribution in [1.82, 2.24) is 13.8 Å². The van der Waals surface area contributed by atoms with E-state index in [4.69, 9.17) is 4.74 Å². The van der Waals surface area contributed by atoms with Crippen molar-refractivity contribution in [3.8, 4) is 5.75 Å². The summed E-state index contributed by atoms with van der Waals surface area (Å²) in [4.78, 5) is 4.58. The maximum Gasteiger partial charge on any atom is 0.268 e. The lowest BCUT2D eigenvalue weighted by atomic mass is 10.2. The molecule has 1 aromatic heterocycles. The first-order chi connectivity index (χ1) is 14.7. The monoisotopic (exact) mass is 445 g/mol. The van der Waals surface area contributed by atoms with Crippen molar-refractivity contribution >= 4 is 20.9 Å². The minimum atomic E-state index is -3.89. The van der Waals surface area contributed by atoms with Crippen LogP contribution in [0.2, 0.25) is 0 Å². The third-order valence-corrected chi connectivity index (χ3v) is 7.29. The summed E-state index contributed by atoms with van der Waals surface area (Å²) in [6.45, 7) is 8.05. The average Bonchev–Trinajstić information content (AvgIpc) is 3.07. The number of aromatic nitrogens is 1. The molecule has 8 heteroatoms. The van der Waals surface area contributed by atoms with Crippen LogP contribution in [0.5, 0.6) is 5.75 Å². The van der Waals surface area contributed by atoms with Crippen molar-refractivity contribution in [3.63, 3.8) is 0 Å². The van der Waals surface area contributed by atoms with Gasteiger partial charge in [0.2, 0.25) is 0 Å². The van der Waals surface area contributed by atoms with E-state index in [9.17, 15) is 12.8 Å². The van der Waals surface area contributed by atoms with Crippen LogP contribution in [0.25, 0.3) is 10.9 Å². The maximum atomic E-state index is 13.6. The van der Waals surface area contributed by atoms with Crippen LogP contribution < -0.4 is 4.74 Å². The molecule has 1 aliphatic heterocycles. The van der Waals surface area contributed by atoms with E-state index in [1.807, 2.05) is 26.0 Å². The van der Waals surface area contributed by atoms with Crippen molar-refractivity contribution in [1.29, 1.82) is 0 Å². The van der Waals surface area contributed by atoms with Crippen molar-refractivity contribution in [2.24, 2.45) is 0 Å². The predicted octanol–water partition coefficient (Wildman–Crippen LogP) is 3.55. The zero-order valence-electron chi connectivity index (χ0n) is 18.1. The Kier molecular flexibility index (Phi) is 6.05. The van der Waals surface area contributed by atoms with E-state index in [2.05, 4.69) is 16.8 Å². The zero-order chi connectivity index (χ0) is 22.2. The molecule has 1 aliphatic rings. The fraction of sp³-hybridized carbons (Fsp3) is 0.391. The summed E-state index contributed by atoms with van der Waals surface area (Å²) in [5.41, 5.74) is 1.27. The van der Waals surface area contributed by atoms with Crippen LogP contribution in [0, 0.1) is 5.82 Å². The van der Waals surface area contributed by atoms with Gasteiger partial charge in [0.1, 0.15) is 11.6 Å². The number of nitrogens with zero attached hydrogens (tertiary/aromatic N) is 3. The van der Waals surface area contributed by atoms with Crippen LogP contribution in [0.15, 0.2) is 53.4 Å². The van der Waals surface area contributed by atoms with Gasteiger partial charge in [-0.2, -0.15) is 0 Å². The molecule has 166 valence electrons. The van der Waals surface area contributed by atoms with Crippen molar-refractivity contribution < 1.29 is 17.5 Å². The van der Waals surface area contributed by atoms with Gasteiger partial charge in [-0.15, -0.1) is 0 Å². The third kappa shape index (κ3) is 4.61. The average molecular weight is 446 g/mol. The summed E-state index contributed by atoms with van der Waals surface area (Å²) in [5, 5.41) is 0.799. The highest BCUT2D eigenvalue weighted by atomic mass is 32.2. The summed E-state index contributed by atoms with van der Waals surface area (Å²) in [5.74, 6) is 0.231. The number of halogens is 1. The van der Waals surface area contributed by atoms with E-state index in [1.165, 1.54) is 28.2 Å². The van der Waals surface area contributed by atoms with Gasteiger partial charge in [-0.25, -0.2) is 16.8 Å². The van der Waals surface area contributed by atoms with Gasteiger partial charge < -0.3 is 9.64 Å². The van der Waals surface area contributed by atoms with Gasteiger partial charge in [-0.3, -0.25) is 4.90 Å². The van der Waals surface area contributed by atoms with Gasteiger partial charge in [0, 0.05) is 43.8 Å². The molecular formula is C23H28FN3O3S. The van der Waals surface area contributed by atoms with Crippen LogP contribution in [0.1, 0.15) is 19.5 Å². The molecule has 0 spiro atoms. The zero-order valence-corrected chi connectivity index (χ0v) is 18.9. The number of benzene rings is 2. The number of hydrogen-bond donors (Lipinski definition) is 0. The van der Waals surface area contributed by atoms with Gasteiger partial charge in [-0.1, -0.05) is 0 Å². The number of ether oxygens (including phenoxy) is 1. The lowest BCUT2D eigenvalue weighted by Gasteiger charge is -2.32. The van der Waals surface area contributed by atoms with E-state index >= 15 is 0 Å². The molecule has 3 aromatic rings. The number of rotatable bonds is 6. The second-order valence-electron chi connectivity index (χ2n) is 8.33. The first kappa shape index (κ1) is 21.8. The molecule has 31 heavy (non-hydrogen) atoms. The maximum absolute atomic E-state index is 13.6. The molecule has 1 saturated heterocycles. The normalized spacial score (nSPS) is 16.3. The second kappa shape index (κ2) is 8.61. The smallest absolute Gasteiger partial charge is 0.268 e. The first-order valence-corrected chi connectivity index (χ1v) is 11.9. The summed E-state index contributed by atoms with van der Waals surface area (Å²) in [6, 6.07) is 12.3. The van der Waals surface area contributed by atoms with E-state index in [0.29, 0.717) is 23.5 Å². The van der Waals surface area contributed by atoms with E-state index in [1.54, 1.807) is 12.1 Å². The Morgan fingerprint density at radius 2 is 1.68 bits per heavy atom. The highest BCUT2D eigenvalue weighted by molar-refractivity contribution is 7.90. The van der Waals surface area contributed by atoms with Crippen LogP contribution >= 0.6 is 0 Å². The molecule has 0 saturated carbocycles. The lowest BCUT2D eigenvalue weighted by molar-refractivity contribution is 0.147. The third-order valence-electron chi connectivity index (χ3n) is 5.51. The number of piperazine rings is 1. The minimum absolute atomic E-state index is 0.0206. The molecule has 2 heterocycles. The van der Waals surface area contributed by atoms with Crippen molar-refractivity contribution in [2.45, 2.75) is 31.4 Å². The van der Waals surface area contributed by atoms with Gasteiger partial charge in [0.05, 0.1) is 16.5 Å². The van der Waals surface area contributed by atoms with Crippen molar-refractivity contribution in [3.05, 3.63) is 60.0 Å². The largest absolute Gasteiger partial charge is 0.491 e. The molecule has 4 rings (SSSR count). The highest BCUT2D eigenvalue weighted by Gasteiger charge is 2.25. The highest BCUT2D eigenvalue weighted by Crippen LogP contribution is 2.30. The molecule has 0 radical (unpaired) electrons. The predicted molar refractivity (Wildman–Crippen MR) is 119 cm³/mol. The van der Waals surface area contributed by atoms with Gasteiger partial charge in [0.25, 0.3) is 10.0 Å². The Balaban J connectivity index is 1.81. The van der Waals surface area contributed by atoms with E-state index in [-0.39, 0.29) is 11.0 Å². The summed E-state index contributed by atoms with van der Waals surface area (Å²) in [7, 11) is -1.81. The summed E-state index contributed by atoms with van der Waals surface area (Å²) >= 11 is 0. The lowest BCUT2D eigenvalue weighted by Crippen LogP contribution is -2.44. The molecule has 6 nitrogen and oxygen atoms in total. The summed E-state index contributed by atoms with van der Waals surface area (Å²) in [6.07, 6.45) is 0.0206. The standard InChI is InChI=1S/C23H28FN3O3S/c1-17(2)30-21-6-9-23-18(15-21)14-20(16-26-12-10-25(3)11-13-26)27(23)31(28,29)22-7-4-19(24)5-8-22/h4-9,14-15,17H,10-13,16H2,1-3H3. The van der Waals surface area contributed by atoms with Crippen LogP contribution in [0.3, 0.4) is 0 Å². The molecule has 0 N–H and O–H groups in total. The Hall–Kier alpha value is -2.42. The molecule has 0 bridgehead atoms. The van der Waals surface area contributed by atoms with E-state index in [0.717, 1.165) is 31.6 Å². The Morgan fingerprint density at radius 3 is 2.32 bits per heavy atom. The molecule has 0 unspecified atom stereocenters. The van der Waals surface area contributed by atoms with Crippen molar-refractivity contribution in [2.75, 3.05) is 33.2 Å². The molecule has 0 atom stereocenters. The fourth-order valence-corrected chi connectivity index (χ4v) is 5.45. The quantitative estimate of drug-likeness (QED) is 0.581. The minimum Gasteiger partial charge on any atom is -0.491 e. The molecular weight excluding hydrogens is 417 g/mol. The second-order valence-corrected chi connectivity index (χ2v) is 10.1. The molecule has 0 aliphatic carbocycles.